The topological polar surface area (TPSA) is 57.2 Å². The number of carbonyl (C=O) groups excluding carboxylic acids is 1. The van der Waals surface area contributed by atoms with Gasteiger partial charge in [-0.25, -0.2) is 0 Å². The Kier molecular flexibility index (Phi) is 8.61. The standard InChI is InChI=1S/C22H36N4O2/c1-6-18(7-2)19-11-12-26(15-19)22(23-3)24-14-17-9-8-10-20(13-17)28-16-21(27)25(4)5/h8-10,13,18-19H,6-7,11-12,14-16H2,1-5H3,(H,23,24). The molecule has 0 spiro atoms. The number of carbonyl (C=O) groups is 1. The van der Waals surface area contributed by atoms with Gasteiger partial charge >= 0.3 is 0 Å². The molecule has 1 saturated heterocycles. The van der Waals surface area contributed by atoms with E-state index in [1.807, 2.05) is 25.2 Å². The van der Waals surface area contributed by atoms with Gasteiger partial charge < -0.3 is 19.9 Å². The fourth-order valence-corrected chi connectivity index (χ4v) is 3.85. The van der Waals surface area contributed by atoms with Gasteiger partial charge in [-0.3, -0.25) is 9.79 Å². The molecule has 1 heterocycles. The van der Waals surface area contributed by atoms with E-state index < -0.39 is 0 Å². The summed E-state index contributed by atoms with van der Waals surface area (Å²) >= 11 is 0. The van der Waals surface area contributed by atoms with Crippen molar-refractivity contribution in [1.29, 1.82) is 0 Å². The van der Waals surface area contributed by atoms with Crippen molar-refractivity contribution in [2.24, 2.45) is 16.8 Å². The van der Waals surface area contributed by atoms with Crippen LogP contribution in [0.5, 0.6) is 5.75 Å². The van der Waals surface area contributed by atoms with E-state index in [0.717, 1.165) is 36.4 Å². The SMILES string of the molecule is CCC(CC)C1CCN(C(=NC)NCc2cccc(OCC(=O)N(C)C)c2)C1. The summed E-state index contributed by atoms with van der Waals surface area (Å²) in [5, 5.41) is 3.48. The maximum absolute atomic E-state index is 11.7. The maximum atomic E-state index is 11.7. The van der Waals surface area contributed by atoms with Crippen LogP contribution in [0.4, 0.5) is 0 Å². The number of amides is 1. The Balaban J connectivity index is 1.88. The summed E-state index contributed by atoms with van der Waals surface area (Å²) < 4.78 is 5.61. The molecule has 1 aromatic rings. The van der Waals surface area contributed by atoms with Gasteiger partial charge in [0.15, 0.2) is 12.6 Å². The molecule has 0 aromatic heterocycles. The predicted molar refractivity (Wildman–Crippen MR) is 115 cm³/mol. The molecule has 1 amide bonds. The molecule has 0 radical (unpaired) electrons. The third-order valence-electron chi connectivity index (χ3n) is 5.66. The molecule has 156 valence electrons. The maximum Gasteiger partial charge on any atom is 0.259 e. The summed E-state index contributed by atoms with van der Waals surface area (Å²) in [4.78, 5) is 20.1. The Labute approximate surface area is 170 Å². The molecular weight excluding hydrogens is 352 g/mol. The summed E-state index contributed by atoms with van der Waals surface area (Å²) in [6.45, 7) is 7.48. The van der Waals surface area contributed by atoms with Gasteiger partial charge in [0, 0.05) is 40.8 Å². The highest BCUT2D eigenvalue weighted by atomic mass is 16.5. The van der Waals surface area contributed by atoms with Crippen LogP contribution in [0.1, 0.15) is 38.7 Å². The number of rotatable bonds is 8. The molecule has 6 nitrogen and oxygen atoms in total. The highest BCUT2D eigenvalue weighted by molar-refractivity contribution is 5.80. The minimum atomic E-state index is -0.0509. The van der Waals surface area contributed by atoms with Crippen molar-refractivity contribution in [1.82, 2.24) is 15.1 Å². The monoisotopic (exact) mass is 388 g/mol. The van der Waals surface area contributed by atoms with Crippen LogP contribution in [-0.4, -0.2) is 62.5 Å². The van der Waals surface area contributed by atoms with Gasteiger partial charge in [-0.2, -0.15) is 0 Å². The molecule has 1 unspecified atom stereocenters. The van der Waals surface area contributed by atoms with Crippen molar-refractivity contribution < 1.29 is 9.53 Å². The summed E-state index contributed by atoms with van der Waals surface area (Å²) in [6.07, 6.45) is 3.75. The van der Waals surface area contributed by atoms with Crippen molar-refractivity contribution in [3.8, 4) is 5.75 Å². The van der Waals surface area contributed by atoms with Crippen LogP contribution in [0, 0.1) is 11.8 Å². The first-order valence-corrected chi connectivity index (χ1v) is 10.4. The molecule has 0 saturated carbocycles. The van der Waals surface area contributed by atoms with E-state index in [1.54, 1.807) is 14.1 Å². The Morgan fingerprint density at radius 3 is 2.75 bits per heavy atom. The van der Waals surface area contributed by atoms with E-state index in [1.165, 1.54) is 24.2 Å². The quantitative estimate of drug-likeness (QED) is 0.549. The first kappa shape index (κ1) is 22.1. The van der Waals surface area contributed by atoms with E-state index in [9.17, 15) is 4.79 Å². The number of likely N-dealkylation sites (tertiary alicyclic amines) is 1. The van der Waals surface area contributed by atoms with Crippen LogP contribution >= 0.6 is 0 Å². The van der Waals surface area contributed by atoms with E-state index in [4.69, 9.17) is 4.74 Å². The number of benzene rings is 1. The molecule has 6 heteroatoms. The lowest BCUT2D eigenvalue weighted by Crippen LogP contribution is -2.40. The van der Waals surface area contributed by atoms with Crippen LogP contribution in [0.3, 0.4) is 0 Å². The minimum absolute atomic E-state index is 0.0509. The van der Waals surface area contributed by atoms with Gasteiger partial charge in [0.05, 0.1) is 0 Å². The lowest BCUT2D eigenvalue weighted by atomic mass is 9.87. The molecule has 1 aliphatic heterocycles. The van der Waals surface area contributed by atoms with E-state index >= 15 is 0 Å². The highest BCUT2D eigenvalue weighted by Crippen LogP contribution is 2.28. The van der Waals surface area contributed by atoms with Crippen LogP contribution in [-0.2, 0) is 11.3 Å². The largest absolute Gasteiger partial charge is 0.484 e. The molecule has 1 fully saturated rings. The number of hydrogen-bond acceptors (Lipinski definition) is 3. The van der Waals surface area contributed by atoms with Crippen molar-refractivity contribution in [3.05, 3.63) is 29.8 Å². The number of aliphatic imine (C=N–C) groups is 1. The fourth-order valence-electron chi connectivity index (χ4n) is 3.85. The fraction of sp³-hybridized carbons (Fsp3) is 0.636. The normalized spacial score (nSPS) is 17.1. The third-order valence-corrected chi connectivity index (χ3v) is 5.66. The average Bonchev–Trinajstić information content (AvgIpc) is 3.17. The van der Waals surface area contributed by atoms with E-state index in [-0.39, 0.29) is 12.5 Å². The molecule has 1 atom stereocenters. The van der Waals surface area contributed by atoms with Gasteiger partial charge in [0.1, 0.15) is 5.75 Å². The highest BCUT2D eigenvalue weighted by Gasteiger charge is 2.29. The minimum Gasteiger partial charge on any atom is -0.484 e. The number of nitrogens with zero attached hydrogens (tertiary/aromatic N) is 3. The molecule has 28 heavy (non-hydrogen) atoms. The van der Waals surface area contributed by atoms with Crippen LogP contribution in [0.2, 0.25) is 0 Å². The Morgan fingerprint density at radius 2 is 2.11 bits per heavy atom. The summed E-state index contributed by atoms with van der Waals surface area (Å²) in [6, 6.07) is 7.86. The zero-order chi connectivity index (χ0) is 20.5. The average molecular weight is 389 g/mol. The Morgan fingerprint density at radius 1 is 1.36 bits per heavy atom. The van der Waals surface area contributed by atoms with Gasteiger partial charge in [0.2, 0.25) is 0 Å². The lowest BCUT2D eigenvalue weighted by molar-refractivity contribution is -0.130. The number of likely N-dealkylation sites (N-methyl/N-ethyl adjacent to an activating group) is 1. The van der Waals surface area contributed by atoms with Crippen LogP contribution < -0.4 is 10.1 Å². The van der Waals surface area contributed by atoms with Crippen molar-refractivity contribution in [3.63, 3.8) is 0 Å². The molecule has 1 aliphatic rings. The predicted octanol–water partition coefficient (Wildman–Crippen LogP) is 2.99. The van der Waals surface area contributed by atoms with Gasteiger partial charge in [-0.15, -0.1) is 0 Å². The molecule has 0 bridgehead atoms. The zero-order valence-corrected chi connectivity index (χ0v) is 18.1. The molecular formula is C22H36N4O2. The van der Waals surface area contributed by atoms with Crippen molar-refractivity contribution >= 4 is 11.9 Å². The smallest absolute Gasteiger partial charge is 0.259 e. The number of ether oxygens (including phenoxy) is 1. The third kappa shape index (κ3) is 6.14. The first-order chi connectivity index (χ1) is 13.5. The van der Waals surface area contributed by atoms with Crippen LogP contribution in [0.15, 0.2) is 29.3 Å². The lowest BCUT2D eigenvalue weighted by Gasteiger charge is -2.24. The second-order valence-corrected chi connectivity index (χ2v) is 7.70. The van der Waals surface area contributed by atoms with Gasteiger partial charge in [-0.05, 0) is 36.0 Å². The van der Waals surface area contributed by atoms with Gasteiger partial charge in [0.25, 0.3) is 5.91 Å². The first-order valence-electron chi connectivity index (χ1n) is 10.4. The second kappa shape index (κ2) is 10.9. The summed E-state index contributed by atoms with van der Waals surface area (Å²) in [5.74, 6) is 3.19. The van der Waals surface area contributed by atoms with E-state index in [2.05, 4.69) is 35.1 Å². The Hall–Kier alpha value is -2.24. The van der Waals surface area contributed by atoms with E-state index in [0.29, 0.717) is 12.3 Å². The second-order valence-electron chi connectivity index (χ2n) is 7.70. The number of nitrogens with one attached hydrogen (secondary N) is 1. The molecule has 2 rings (SSSR count). The van der Waals surface area contributed by atoms with Gasteiger partial charge in [-0.1, -0.05) is 38.8 Å². The zero-order valence-electron chi connectivity index (χ0n) is 18.1. The Bertz CT molecular complexity index is 656. The summed E-state index contributed by atoms with van der Waals surface area (Å²) in [5.41, 5.74) is 1.10. The van der Waals surface area contributed by atoms with Crippen molar-refractivity contribution in [2.75, 3.05) is 40.8 Å². The van der Waals surface area contributed by atoms with Crippen molar-refractivity contribution in [2.45, 2.75) is 39.7 Å². The van der Waals surface area contributed by atoms with Crippen LogP contribution in [0.25, 0.3) is 0 Å². The molecule has 1 N–H and O–H groups in total. The number of guanidine groups is 1. The summed E-state index contributed by atoms with van der Waals surface area (Å²) in [7, 11) is 5.30. The number of hydrogen-bond donors (Lipinski definition) is 1. The molecule has 0 aliphatic carbocycles. The molecule has 1 aromatic carbocycles.